The molecule has 140 valence electrons. The van der Waals surface area contributed by atoms with Gasteiger partial charge in [-0.2, -0.15) is 4.98 Å². The van der Waals surface area contributed by atoms with Gasteiger partial charge in [0, 0.05) is 18.9 Å². The second-order valence-corrected chi connectivity index (χ2v) is 6.46. The molecule has 0 bridgehead atoms. The van der Waals surface area contributed by atoms with Gasteiger partial charge in [-0.25, -0.2) is 9.97 Å². The average molecular weight is 368 g/mol. The molecule has 1 N–H and O–H groups in total. The van der Waals surface area contributed by atoms with Gasteiger partial charge in [-0.1, -0.05) is 5.16 Å². The van der Waals surface area contributed by atoms with Gasteiger partial charge in [-0.05, 0) is 37.6 Å². The normalized spacial score (nSPS) is 17.7. The molecule has 0 radical (unpaired) electrons. The van der Waals surface area contributed by atoms with Crippen molar-refractivity contribution in [2.75, 3.05) is 13.1 Å². The summed E-state index contributed by atoms with van der Waals surface area (Å²) in [6, 6.07) is 5.54. The lowest BCUT2D eigenvalue weighted by atomic mass is 9.97. The summed E-state index contributed by atoms with van der Waals surface area (Å²) in [6.07, 6.45) is 6.74. The summed E-state index contributed by atoms with van der Waals surface area (Å²) in [6.45, 7) is 2.59. The molecule has 1 fully saturated rings. The number of hydrogen-bond acceptors (Lipinski definition) is 8. The van der Waals surface area contributed by atoms with Crippen LogP contribution in [0.1, 0.15) is 24.5 Å². The molecule has 0 aromatic carbocycles. The number of hydrogen-bond donors (Lipinski definition) is 1. The minimum atomic E-state index is -0.0615. The summed E-state index contributed by atoms with van der Waals surface area (Å²) in [5.74, 6) is 1.87. The Labute approximate surface area is 155 Å². The minimum absolute atomic E-state index is 0.00476. The molecule has 1 aliphatic rings. The van der Waals surface area contributed by atoms with Gasteiger partial charge in [0.15, 0.2) is 0 Å². The topological polar surface area (TPSA) is 110 Å². The van der Waals surface area contributed by atoms with Crippen LogP contribution >= 0.6 is 0 Å². The Bertz CT molecular complexity index is 864. The first kappa shape index (κ1) is 17.3. The van der Waals surface area contributed by atoms with Crippen molar-refractivity contribution in [3.8, 4) is 11.6 Å². The average Bonchev–Trinajstić information content (AvgIpc) is 3.39. The van der Waals surface area contributed by atoms with Crippen LogP contribution in [0.4, 0.5) is 0 Å². The van der Waals surface area contributed by atoms with Crippen LogP contribution in [0.25, 0.3) is 11.6 Å². The van der Waals surface area contributed by atoms with Gasteiger partial charge < -0.3 is 14.3 Å². The van der Waals surface area contributed by atoms with Crippen LogP contribution in [0.2, 0.25) is 0 Å². The molecule has 0 unspecified atom stereocenters. The molecule has 27 heavy (non-hydrogen) atoms. The highest BCUT2D eigenvalue weighted by Gasteiger charge is 2.26. The van der Waals surface area contributed by atoms with Crippen LogP contribution < -0.4 is 5.32 Å². The highest BCUT2D eigenvalue weighted by atomic mass is 16.5. The van der Waals surface area contributed by atoms with Gasteiger partial charge in [0.25, 0.3) is 0 Å². The van der Waals surface area contributed by atoms with Gasteiger partial charge in [-0.15, -0.1) is 0 Å². The summed E-state index contributed by atoms with van der Waals surface area (Å²) >= 11 is 0. The summed E-state index contributed by atoms with van der Waals surface area (Å²) in [5.41, 5.74) is 0. The van der Waals surface area contributed by atoms with E-state index in [4.69, 9.17) is 8.94 Å². The van der Waals surface area contributed by atoms with Gasteiger partial charge in [0.2, 0.25) is 23.4 Å². The van der Waals surface area contributed by atoms with Crippen LogP contribution in [-0.4, -0.2) is 44.0 Å². The van der Waals surface area contributed by atoms with Crippen molar-refractivity contribution in [2.45, 2.75) is 25.9 Å². The highest BCUT2D eigenvalue weighted by molar-refractivity contribution is 5.78. The van der Waals surface area contributed by atoms with Crippen LogP contribution in [0.15, 0.2) is 45.8 Å². The molecule has 3 aromatic rings. The summed E-state index contributed by atoms with van der Waals surface area (Å²) in [5, 5.41) is 6.74. The zero-order valence-corrected chi connectivity index (χ0v) is 14.7. The quantitative estimate of drug-likeness (QED) is 0.699. The maximum Gasteiger partial charge on any atom is 0.246 e. The maximum absolute atomic E-state index is 12.5. The molecule has 0 spiro atoms. The largest absolute Gasteiger partial charge is 0.468 e. The summed E-state index contributed by atoms with van der Waals surface area (Å²) in [7, 11) is 0. The smallest absolute Gasteiger partial charge is 0.246 e. The second kappa shape index (κ2) is 8.09. The van der Waals surface area contributed by atoms with E-state index in [-0.39, 0.29) is 18.4 Å². The van der Waals surface area contributed by atoms with Crippen molar-refractivity contribution in [1.29, 1.82) is 0 Å². The number of carbonyl (C=O) groups is 1. The fourth-order valence-electron chi connectivity index (χ4n) is 3.18. The number of furan rings is 1. The standard InChI is InChI=1S/C18H20N6O3/c25-18(13-4-1-8-24(11-13)12-14-5-2-9-26-14)21-10-15-22-17(23-27-15)16-19-6-3-7-20-16/h2-3,5-7,9,13H,1,4,8,10-12H2,(H,21,25)/t13-/m0/s1. The maximum atomic E-state index is 12.5. The molecule has 9 heteroatoms. The molecule has 0 saturated carbocycles. The molecule has 1 aliphatic heterocycles. The zero-order chi connectivity index (χ0) is 18.5. The van der Waals surface area contributed by atoms with Crippen molar-refractivity contribution < 1.29 is 13.7 Å². The number of amides is 1. The third-order valence-electron chi connectivity index (χ3n) is 4.48. The first-order valence-corrected chi connectivity index (χ1v) is 8.90. The predicted octanol–water partition coefficient (Wildman–Crippen LogP) is 1.65. The van der Waals surface area contributed by atoms with Crippen molar-refractivity contribution in [1.82, 2.24) is 30.3 Å². The van der Waals surface area contributed by atoms with E-state index in [2.05, 4.69) is 30.3 Å². The zero-order valence-electron chi connectivity index (χ0n) is 14.7. The monoisotopic (exact) mass is 368 g/mol. The molecular formula is C18H20N6O3. The molecule has 4 heterocycles. The van der Waals surface area contributed by atoms with E-state index in [1.807, 2.05) is 12.1 Å². The van der Waals surface area contributed by atoms with E-state index in [1.165, 1.54) is 0 Å². The predicted molar refractivity (Wildman–Crippen MR) is 93.9 cm³/mol. The van der Waals surface area contributed by atoms with Crippen LogP contribution in [0.5, 0.6) is 0 Å². The van der Waals surface area contributed by atoms with Crippen LogP contribution in [0.3, 0.4) is 0 Å². The fraction of sp³-hybridized carbons (Fsp3) is 0.389. The van der Waals surface area contributed by atoms with Crippen LogP contribution in [-0.2, 0) is 17.9 Å². The number of nitrogens with zero attached hydrogens (tertiary/aromatic N) is 5. The Morgan fingerprint density at radius 1 is 1.26 bits per heavy atom. The molecule has 4 rings (SSSR count). The first-order valence-electron chi connectivity index (χ1n) is 8.90. The lowest BCUT2D eigenvalue weighted by molar-refractivity contribution is -0.127. The fourth-order valence-corrected chi connectivity index (χ4v) is 3.18. The number of carbonyl (C=O) groups excluding carboxylic acids is 1. The van der Waals surface area contributed by atoms with Crippen molar-refractivity contribution in [3.05, 3.63) is 48.5 Å². The van der Waals surface area contributed by atoms with E-state index in [0.717, 1.165) is 31.7 Å². The van der Waals surface area contributed by atoms with E-state index in [0.29, 0.717) is 24.1 Å². The van der Waals surface area contributed by atoms with Gasteiger partial charge >= 0.3 is 0 Å². The molecule has 9 nitrogen and oxygen atoms in total. The van der Waals surface area contributed by atoms with Gasteiger partial charge in [0.1, 0.15) is 5.76 Å². The lowest BCUT2D eigenvalue weighted by Gasteiger charge is -2.31. The number of likely N-dealkylation sites (tertiary alicyclic amines) is 1. The molecule has 1 amide bonds. The molecule has 1 atom stereocenters. The van der Waals surface area contributed by atoms with Crippen molar-refractivity contribution in [3.63, 3.8) is 0 Å². The summed E-state index contributed by atoms with van der Waals surface area (Å²) < 4.78 is 10.6. The van der Waals surface area contributed by atoms with Crippen LogP contribution in [0, 0.1) is 5.92 Å². The lowest BCUT2D eigenvalue weighted by Crippen LogP contribution is -2.42. The first-order chi connectivity index (χ1) is 13.3. The number of nitrogens with one attached hydrogen (secondary N) is 1. The number of rotatable bonds is 6. The number of piperidine rings is 1. The van der Waals surface area contributed by atoms with E-state index >= 15 is 0 Å². The van der Waals surface area contributed by atoms with Crippen molar-refractivity contribution >= 4 is 5.91 Å². The molecule has 1 saturated heterocycles. The Balaban J connectivity index is 1.29. The Morgan fingerprint density at radius 2 is 2.15 bits per heavy atom. The minimum Gasteiger partial charge on any atom is -0.468 e. The second-order valence-electron chi connectivity index (χ2n) is 6.46. The van der Waals surface area contributed by atoms with E-state index in [9.17, 15) is 4.79 Å². The molecular weight excluding hydrogens is 348 g/mol. The third kappa shape index (κ3) is 4.37. The Hall–Kier alpha value is -3.07. The molecule has 3 aromatic heterocycles. The van der Waals surface area contributed by atoms with Crippen molar-refractivity contribution in [2.24, 2.45) is 5.92 Å². The Kier molecular flexibility index (Phi) is 5.20. The number of aromatic nitrogens is 4. The SMILES string of the molecule is O=C(NCc1nc(-c2ncccn2)no1)[C@H]1CCCN(Cc2ccco2)C1. The van der Waals surface area contributed by atoms with E-state index in [1.54, 1.807) is 24.7 Å². The summed E-state index contributed by atoms with van der Waals surface area (Å²) in [4.78, 5) is 27.1. The van der Waals surface area contributed by atoms with Gasteiger partial charge in [-0.3, -0.25) is 9.69 Å². The van der Waals surface area contributed by atoms with E-state index < -0.39 is 0 Å². The molecule has 0 aliphatic carbocycles. The van der Waals surface area contributed by atoms with Gasteiger partial charge in [0.05, 0.1) is 25.3 Å². The highest BCUT2D eigenvalue weighted by Crippen LogP contribution is 2.19. The Morgan fingerprint density at radius 3 is 2.96 bits per heavy atom. The third-order valence-corrected chi connectivity index (χ3v) is 4.48.